The van der Waals surface area contributed by atoms with Crippen LogP contribution in [0.15, 0.2) is 29.8 Å². The molecule has 2 amide bonds. The molecule has 2 bridgehead atoms. The lowest BCUT2D eigenvalue weighted by molar-refractivity contribution is -0.204. The maximum absolute atomic E-state index is 15.3. The topological polar surface area (TPSA) is 166 Å². The minimum atomic E-state index is -1.41. The van der Waals surface area contributed by atoms with Gasteiger partial charge < -0.3 is 39.0 Å². The zero-order valence-electron chi connectivity index (χ0n) is 36.0. The highest BCUT2D eigenvalue weighted by molar-refractivity contribution is 5.96. The smallest absolute Gasteiger partial charge is 0.327 e. The van der Waals surface area contributed by atoms with Gasteiger partial charge in [0, 0.05) is 19.4 Å². The van der Waals surface area contributed by atoms with Crippen molar-refractivity contribution < 1.29 is 52.8 Å². The van der Waals surface area contributed by atoms with Crippen molar-refractivity contribution in [1.82, 2.24) is 15.3 Å². The van der Waals surface area contributed by atoms with Crippen molar-refractivity contribution in [1.29, 1.82) is 0 Å². The van der Waals surface area contributed by atoms with Gasteiger partial charge in [-0.05, 0) is 107 Å². The third-order valence-corrected chi connectivity index (χ3v) is 15.1. The largest absolute Gasteiger partial charge is 0.460 e. The van der Waals surface area contributed by atoms with Crippen LogP contribution in [0.3, 0.4) is 0 Å². The number of hydrogen-bond donors (Lipinski definition) is 2. The van der Waals surface area contributed by atoms with E-state index in [9.17, 15) is 19.5 Å². The number of rotatable bonds is 10. The summed E-state index contributed by atoms with van der Waals surface area (Å²) in [5.74, 6) is -0.663. The van der Waals surface area contributed by atoms with Crippen LogP contribution in [0.5, 0.6) is 0 Å². The fourth-order valence-corrected chi connectivity index (χ4v) is 11.9. The van der Waals surface area contributed by atoms with E-state index in [-0.39, 0.29) is 56.1 Å². The lowest BCUT2D eigenvalue weighted by Crippen LogP contribution is -2.70. The van der Waals surface area contributed by atoms with Gasteiger partial charge in [-0.3, -0.25) is 24.0 Å². The first-order valence-corrected chi connectivity index (χ1v) is 22.3. The second-order valence-corrected chi connectivity index (χ2v) is 20.6. The first kappa shape index (κ1) is 41.9. The molecule has 14 heteroatoms. The van der Waals surface area contributed by atoms with Gasteiger partial charge in [-0.1, -0.05) is 49.8 Å². The van der Waals surface area contributed by atoms with Gasteiger partial charge in [-0.15, -0.1) is 0 Å². The maximum atomic E-state index is 15.3. The molecule has 14 nitrogen and oxygen atoms in total. The summed E-state index contributed by atoms with van der Waals surface area (Å²) in [7, 11) is 0. The number of hydroxylamine groups is 2. The van der Waals surface area contributed by atoms with Crippen LogP contribution >= 0.6 is 0 Å². The zero-order chi connectivity index (χ0) is 42.4. The fraction of sp³-hybridized carbons (Fsp3) is 0.739. The van der Waals surface area contributed by atoms with Crippen LogP contribution in [0.4, 0.5) is 0 Å². The van der Waals surface area contributed by atoms with Gasteiger partial charge in [0.05, 0.1) is 30.9 Å². The first-order chi connectivity index (χ1) is 28.5. The van der Waals surface area contributed by atoms with E-state index in [1.165, 1.54) is 5.57 Å². The number of aliphatic hydroxyl groups is 1. The molecule has 2 N–H and O–H groups in total. The van der Waals surface area contributed by atoms with E-state index in [4.69, 9.17) is 28.5 Å². The van der Waals surface area contributed by atoms with E-state index in [0.717, 1.165) is 43.2 Å². The molecular formula is C46H63N3O11. The van der Waals surface area contributed by atoms with E-state index in [2.05, 4.69) is 44.3 Å². The molecule has 5 saturated heterocycles. The van der Waals surface area contributed by atoms with Crippen LogP contribution in [0, 0.1) is 22.7 Å². The Labute approximate surface area is 352 Å². The average molecular weight is 834 g/mol. The van der Waals surface area contributed by atoms with Crippen LogP contribution in [0.25, 0.3) is 6.08 Å². The summed E-state index contributed by atoms with van der Waals surface area (Å²) in [6, 6.07) is 5.56. The standard InChI is InChI=1S/C46H63N3O11/c1-43(2,3)59-35(51)16-14-29(24-50)47-40(52)32-12-9-19-48(32)42(54)46-22-33-36-37(56-25-55-36)39(46)60-49(38(46)41(53)57-33)23-28-11-8-7-10-26(28)20-27-13-15-34-45(6,58-34)18-17-31-30(27)21-44(31,4)5/h7-8,10-11,20,29-34,36-39,50H,9,12-19,21-25H2,1-6H3,(H,47,52). The minimum Gasteiger partial charge on any atom is -0.460 e. The van der Waals surface area contributed by atoms with E-state index < -0.39 is 71.4 Å². The van der Waals surface area contributed by atoms with Crippen molar-refractivity contribution in [3.8, 4) is 0 Å². The van der Waals surface area contributed by atoms with E-state index in [0.29, 0.717) is 37.3 Å². The van der Waals surface area contributed by atoms with E-state index >= 15 is 4.79 Å². The lowest BCUT2D eigenvalue weighted by Gasteiger charge is -2.53. The number of epoxide rings is 1. The average Bonchev–Trinajstić information content (AvgIpc) is 3.65. The highest BCUT2D eigenvalue weighted by atomic mass is 16.8. The number of allylic oxidation sites excluding steroid dienone is 1. The van der Waals surface area contributed by atoms with Gasteiger partial charge in [-0.25, -0.2) is 0 Å². The molecule has 328 valence electrons. The van der Waals surface area contributed by atoms with E-state index in [1.807, 2.05) is 12.1 Å². The molecule has 0 radical (unpaired) electrons. The van der Waals surface area contributed by atoms with Gasteiger partial charge in [-0.2, -0.15) is 5.06 Å². The monoisotopic (exact) mass is 833 g/mol. The molecule has 0 aromatic heterocycles. The van der Waals surface area contributed by atoms with Gasteiger partial charge in [0.25, 0.3) is 0 Å². The molecule has 60 heavy (non-hydrogen) atoms. The third-order valence-electron chi connectivity index (χ3n) is 15.1. The highest BCUT2D eigenvalue weighted by Gasteiger charge is 2.75. The van der Waals surface area contributed by atoms with Crippen LogP contribution < -0.4 is 5.32 Å². The van der Waals surface area contributed by atoms with Crippen molar-refractivity contribution in [3.05, 3.63) is 41.0 Å². The second-order valence-electron chi connectivity index (χ2n) is 20.6. The fourth-order valence-electron chi connectivity index (χ4n) is 11.9. The molecule has 12 atom stereocenters. The van der Waals surface area contributed by atoms with Crippen LogP contribution in [-0.2, 0) is 54.2 Å². The SMILES string of the molecule is CC(C)(C)OC(=O)CCC(CO)NC(=O)C1CCCN1C(=O)C12CC3OC(=O)C1N(Cc1ccccc1C=C1CCC4OC4(C)CCC4C1CC4(C)C)OC2C1OCOC31. The summed E-state index contributed by atoms with van der Waals surface area (Å²) in [5, 5.41) is 14.7. The predicted molar refractivity (Wildman–Crippen MR) is 216 cm³/mol. The van der Waals surface area contributed by atoms with Crippen molar-refractivity contribution in [2.24, 2.45) is 22.7 Å². The highest BCUT2D eigenvalue weighted by Crippen LogP contribution is 2.60. The summed E-state index contributed by atoms with van der Waals surface area (Å²) < 4.78 is 29.8. The Bertz CT molecular complexity index is 1910. The third kappa shape index (κ3) is 7.40. The maximum Gasteiger partial charge on any atom is 0.327 e. The molecule has 5 aliphatic heterocycles. The molecule has 3 saturated carbocycles. The molecule has 8 fully saturated rings. The molecule has 12 unspecified atom stereocenters. The number of ether oxygens (including phenoxy) is 5. The van der Waals surface area contributed by atoms with Gasteiger partial charge in [0.1, 0.15) is 48.3 Å². The number of carbonyl (C=O) groups excluding carboxylic acids is 4. The van der Waals surface area contributed by atoms with Gasteiger partial charge in [0.15, 0.2) is 6.04 Å². The Morgan fingerprint density at radius 3 is 2.62 bits per heavy atom. The van der Waals surface area contributed by atoms with E-state index in [1.54, 1.807) is 30.7 Å². The Hall–Kier alpha value is -3.40. The number of hydrogen-bond acceptors (Lipinski definition) is 12. The lowest BCUT2D eigenvalue weighted by atomic mass is 9.52. The molecule has 3 aliphatic carbocycles. The van der Waals surface area contributed by atoms with Crippen LogP contribution in [-0.4, -0.2) is 119 Å². The number of benzene rings is 1. The molecule has 1 aromatic carbocycles. The number of esters is 2. The van der Waals surface area contributed by atoms with Crippen LogP contribution in [0.1, 0.15) is 117 Å². The number of aliphatic hydroxyl groups excluding tert-OH is 1. The Morgan fingerprint density at radius 2 is 1.85 bits per heavy atom. The minimum absolute atomic E-state index is 0.00845. The van der Waals surface area contributed by atoms with Crippen molar-refractivity contribution in [3.63, 3.8) is 0 Å². The Kier molecular flexibility index (Phi) is 10.8. The summed E-state index contributed by atoms with van der Waals surface area (Å²) in [5.41, 5.74) is 1.66. The molecule has 8 aliphatic rings. The van der Waals surface area contributed by atoms with Crippen molar-refractivity contribution in [2.45, 2.75) is 172 Å². The van der Waals surface area contributed by atoms with Crippen LogP contribution in [0.2, 0.25) is 0 Å². The summed E-state index contributed by atoms with van der Waals surface area (Å²) in [4.78, 5) is 64.4. The quantitative estimate of drug-likeness (QED) is 0.249. The number of carbonyl (C=O) groups is 4. The Morgan fingerprint density at radius 1 is 1.07 bits per heavy atom. The first-order valence-electron chi connectivity index (χ1n) is 22.3. The van der Waals surface area contributed by atoms with Gasteiger partial charge in [0.2, 0.25) is 11.8 Å². The van der Waals surface area contributed by atoms with Gasteiger partial charge >= 0.3 is 11.9 Å². The number of nitrogens with zero attached hydrogens (tertiary/aromatic N) is 2. The second kappa shape index (κ2) is 15.4. The molecule has 0 spiro atoms. The van der Waals surface area contributed by atoms with Crippen molar-refractivity contribution in [2.75, 3.05) is 19.9 Å². The summed E-state index contributed by atoms with van der Waals surface area (Å²) >= 11 is 0. The summed E-state index contributed by atoms with van der Waals surface area (Å²) in [6.45, 7) is 12.5. The Balaban J connectivity index is 0.979. The molecule has 9 rings (SSSR count). The normalized spacial score (nSPS) is 38.9. The van der Waals surface area contributed by atoms with Crippen molar-refractivity contribution >= 4 is 29.8 Å². The number of amides is 2. The predicted octanol–water partition coefficient (Wildman–Crippen LogP) is 4.60. The summed E-state index contributed by atoms with van der Waals surface area (Å²) in [6.07, 6.45) is 6.51. The number of fused-ring (bicyclic) bond motifs is 6. The molecule has 1 aromatic rings. The number of nitrogens with one attached hydrogen (secondary N) is 1. The number of likely N-dealkylation sites (tertiary alicyclic amines) is 1. The molecular weight excluding hydrogens is 771 g/mol. The zero-order valence-corrected chi connectivity index (χ0v) is 36.0. The molecule has 5 heterocycles.